The number of aryl methyl sites for hydroxylation is 1. The average molecular weight is 462 g/mol. The average Bonchev–Trinajstić information content (AvgIpc) is 3.09. The molecule has 0 amide bonds. The van der Waals surface area contributed by atoms with Crippen molar-refractivity contribution in [3.63, 3.8) is 0 Å². The van der Waals surface area contributed by atoms with E-state index >= 15 is 0 Å². The molecule has 1 aromatic carbocycles. The Bertz CT molecular complexity index is 869. The van der Waals surface area contributed by atoms with Crippen molar-refractivity contribution >= 4 is 34.6 Å². The minimum atomic E-state index is -4.50. The number of anilines is 1. The van der Waals surface area contributed by atoms with Crippen LogP contribution in [0.5, 0.6) is 0 Å². The van der Waals surface area contributed by atoms with E-state index in [0.717, 1.165) is 37.2 Å². The van der Waals surface area contributed by atoms with Crippen LogP contribution < -0.4 is 5.32 Å². The molecule has 164 valence electrons. The predicted octanol–water partition coefficient (Wildman–Crippen LogP) is 4.79. The van der Waals surface area contributed by atoms with Crippen LogP contribution in [0.3, 0.4) is 0 Å². The van der Waals surface area contributed by atoms with Gasteiger partial charge < -0.3 is 19.4 Å². The number of furan rings is 1. The lowest BCUT2D eigenvalue weighted by atomic mass is 10.2. The summed E-state index contributed by atoms with van der Waals surface area (Å²) in [5.41, 5.74) is -0.485. The molecule has 0 aliphatic carbocycles. The molecule has 10 heteroatoms. The Morgan fingerprint density at radius 3 is 2.57 bits per heavy atom. The molecular weight excluding hydrogens is 439 g/mol. The first kappa shape index (κ1) is 22.9. The van der Waals surface area contributed by atoms with E-state index < -0.39 is 11.7 Å². The van der Waals surface area contributed by atoms with E-state index in [0.29, 0.717) is 37.1 Å². The largest absolute Gasteiger partial charge is 0.464 e. The number of rotatable bonds is 6. The third-order valence-corrected chi connectivity index (χ3v) is 5.42. The van der Waals surface area contributed by atoms with Crippen LogP contribution in [0.1, 0.15) is 17.1 Å². The van der Waals surface area contributed by atoms with E-state index in [-0.39, 0.29) is 5.02 Å². The summed E-state index contributed by atoms with van der Waals surface area (Å²) in [5.74, 6) is 1.55. The minimum absolute atomic E-state index is 0.378. The monoisotopic (exact) mass is 461 g/mol. The van der Waals surface area contributed by atoms with Crippen LogP contribution in [0.4, 0.5) is 18.9 Å². The zero-order valence-corrected chi connectivity index (χ0v) is 18.0. The van der Waals surface area contributed by atoms with Gasteiger partial charge in [-0.15, -0.1) is 0 Å². The van der Waals surface area contributed by atoms with E-state index in [9.17, 15) is 13.2 Å². The molecule has 0 unspecified atom stereocenters. The van der Waals surface area contributed by atoms with Gasteiger partial charge in [0.05, 0.1) is 30.3 Å². The molecule has 1 fully saturated rings. The number of hydrogen-bond acceptors (Lipinski definition) is 4. The van der Waals surface area contributed by atoms with Crippen molar-refractivity contribution < 1.29 is 22.3 Å². The SMILES string of the molecule is Cc1ccc(CN(CCN2CCOCC2)C(=S)Nc2ccc(C(F)(F)F)c(Cl)c2)o1. The molecule has 0 saturated carbocycles. The van der Waals surface area contributed by atoms with Crippen LogP contribution >= 0.6 is 23.8 Å². The molecule has 1 aromatic heterocycles. The highest BCUT2D eigenvalue weighted by molar-refractivity contribution is 7.80. The van der Waals surface area contributed by atoms with Gasteiger partial charge in [-0.1, -0.05) is 11.6 Å². The molecule has 0 bridgehead atoms. The molecule has 2 aromatic rings. The van der Waals surface area contributed by atoms with Gasteiger partial charge in [0.1, 0.15) is 11.5 Å². The first-order chi connectivity index (χ1) is 14.2. The second-order valence-electron chi connectivity index (χ2n) is 7.01. The van der Waals surface area contributed by atoms with Gasteiger partial charge in [-0.25, -0.2) is 0 Å². The highest BCUT2D eigenvalue weighted by Gasteiger charge is 2.33. The quantitative estimate of drug-likeness (QED) is 0.624. The molecule has 1 saturated heterocycles. The summed E-state index contributed by atoms with van der Waals surface area (Å²) in [5, 5.41) is 3.00. The van der Waals surface area contributed by atoms with E-state index in [2.05, 4.69) is 10.2 Å². The first-order valence-electron chi connectivity index (χ1n) is 9.50. The normalized spacial score (nSPS) is 15.2. The summed E-state index contributed by atoms with van der Waals surface area (Å²) in [7, 11) is 0. The number of morpholine rings is 1. The van der Waals surface area contributed by atoms with Crippen LogP contribution in [-0.2, 0) is 17.5 Å². The Morgan fingerprint density at radius 1 is 1.23 bits per heavy atom. The predicted molar refractivity (Wildman–Crippen MR) is 114 cm³/mol. The summed E-state index contributed by atoms with van der Waals surface area (Å²) in [4.78, 5) is 4.20. The fraction of sp³-hybridized carbons (Fsp3) is 0.450. The fourth-order valence-electron chi connectivity index (χ4n) is 3.12. The number of thiocarbonyl (C=S) groups is 1. The lowest BCUT2D eigenvalue weighted by molar-refractivity contribution is -0.137. The Balaban J connectivity index is 1.69. The molecule has 5 nitrogen and oxygen atoms in total. The van der Waals surface area contributed by atoms with E-state index in [1.54, 1.807) is 0 Å². The van der Waals surface area contributed by atoms with Gasteiger partial charge in [0.2, 0.25) is 0 Å². The highest BCUT2D eigenvalue weighted by atomic mass is 35.5. The number of ether oxygens (including phenoxy) is 1. The van der Waals surface area contributed by atoms with Crippen molar-refractivity contribution in [1.29, 1.82) is 0 Å². The van der Waals surface area contributed by atoms with E-state index in [1.807, 2.05) is 24.0 Å². The zero-order valence-electron chi connectivity index (χ0n) is 16.5. The van der Waals surface area contributed by atoms with Crippen molar-refractivity contribution in [3.8, 4) is 0 Å². The molecule has 0 atom stereocenters. The van der Waals surface area contributed by atoms with Crippen LogP contribution in [-0.4, -0.2) is 54.3 Å². The maximum atomic E-state index is 12.9. The molecule has 2 heterocycles. The van der Waals surface area contributed by atoms with E-state index in [1.165, 1.54) is 12.1 Å². The summed E-state index contributed by atoms with van der Waals surface area (Å²) in [6, 6.07) is 7.25. The molecule has 0 radical (unpaired) electrons. The second-order valence-corrected chi connectivity index (χ2v) is 7.80. The number of hydrogen-bond donors (Lipinski definition) is 1. The van der Waals surface area contributed by atoms with Gasteiger partial charge in [0, 0.05) is 31.9 Å². The summed E-state index contributed by atoms with van der Waals surface area (Å²) < 4.78 is 49.8. The third-order valence-electron chi connectivity index (χ3n) is 4.75. The Morgan fingerprint density at radius 2 is 1.97 bits per heavy atom. The van der Waals surface area contributed by atoms with Crippen LogP contribution in [0, 0.1) is 6.92 Å². The second kappa shape index (κ2) is 10.00. The lowest BCUT2D eigenvalue weighted by Crippen LogP contribution is -2.43. The molecular formula is C20H23ClF3N3O2S. The maximum Gasteiger partial charge on any atom is 0.417 e. The van der Waals surface area contributed by atoms with Crippen molar-refractivity contribution in [3.05, 3.63) is 52.4 Å². The van der Waals surface area contributed by atoms with Crippen molar-refractivity contribution in [2.75, 3.05) is 44.7 Å². The van der Waals surface area contributed by atoms with Crippen molar-refractivity contribution in [2.24, 2.45) is 0 Å². The number of alkyl halides is 3. The highest BCUT2D eigenvalue weighted by Crippen LogP contribution is 2.35. The van der Waals surface area contributed by atoms with Crippen LogP contribution in [0.15, 0.2) is 34.7 Å². The molecule has 1 N–H and O–H groups in total. The zero-order chi connectivity index (χ0) is 21.7. The Kier molecular flexibility index (Phi) is 7.62. The summed E-state index contributed by atoms with van der Waals surface area (Å²) >= 11 is 11.4. The third kappa shape index (κ3) is 6.34. The number of nitrogens with zero attached hydrogens (tertiary/aromatic N) is 2. The minimum Gasteiger partial charge on any atom is -0.464 e. The fourth-order valence-corrected chi connectivity index (χ4v) is 3.68. The van der Waals surface area contributed by atoms with Gasteiger partial charge in [-0.05, 0) is 49.5 Å². The maximum absolute atomic E-state index is 12.9. The summed E-state index contributed by atoms with van der Waals surface area (Å²) in [6.45, 7) is 6.80. The smallest absolute Gasteiger partial charge is 0.417 e. The van der Waals surface area contributed by atoms with Crippen LogP contribution in [0.2, 0.25) is 5.02 Å². The Labute approximate surface area is 183 Å². The standard InChI is InChI=1S/C20H23ClF3N3O2S/c1-14-2-4-16(29-14)13-27(7-6-26-8-10-28-11-9-26)19(30)25-15-3-5-17(18(21)12-15)20(22,23)24/h2-5,12H,6-11,13H2,1H3,(H,25,30). The molecule has 30 heavy (non-hydrogen) atoms. The van der Waals surface area contributed by atoms with Gasteiger partial charge in [0.15, 0.2) is 5.11 Å². The molecule has 0 spiro atoms. The van der Waals surface area contributed by atoms with Gasteiger partial charge in [-0.3, -0.25) is 4.90 Å². The van der Waals surface area contributed by atoms with Gasteiger partial charge in [-0.2, -0.15) is 13.2 Å². The number of benzene rings is 1. The number of nitrogens with one attached hydrogen (secondary N) is 1. The van der Waals surface area contributed by atoms with E-state index in [4.69, 9.17) is 33.0 Å². The molecule has 1 aliphatic heterocycles. The van der Waals surface area contributed by atoms with Gasteiger partial charge >= 0.3 is 6.18 Å². The molecule has 3 rings (SSSR count). The topological polar surface area (TPSA) is 40.9 Å². The van der Waals surface area contributed by atoms with Crippen molar-refractivity contribution in [1.82, 2.24) is 9.80 Å². The Hall–Kier alpha value is -1.81. The first-order valence-corrected chi connectivity index (χ1v) is 10.3. The number of halogens is 4. The van der Waals surface area contributed by atoms with Crippen LogP contribution in [0.25, 0.3) is 0 Å². The van der Waals surface area contributed by atoms with Crippen molar-refractivity contribution in [2.45, 2.75) is 19.6 Å². The molecule has 1 aliphatic rings. The summed E-state index contributed by atoms with van der Waals surface area (Å²) in [6.07, 6.45) is -4.50. The lowest BCUT2D eigenvalue weighted by Gasteiger charge is -2.31. The van der Waals surface area contributed by atoms with Gasteiger partial charge in [0.25, 0.3) is 0 Å².